The second-order valence-electron chi connectivity index (χ2n) is 5.35. The Kier molecular flexibility index (Phi) is 5.31. The van der Waals surface area contributed by atoms with E-state index in [1.165, 1.54) is 0 Å². The lowest BCUT2D eigenvalue weighted by atomic mass is 10.0. The van der Waals surface area contributed by atoms with Gasteiger partial charge in [-0.15, -0.1) is 0 Å². The molecule has 3 aromatic rings. The average molecular weight is 415 g/mol. The van der Waals surface area contributed by atoms with Crippen LogP contribution in [-0.4, -0.2) is 11.7 Å². The molecule has 0 spiro atoms. The van der Waals surface area contributed by atoms with Crippen LogP contribution < -0.4 is 5.32 Å². The molecule has 0 aliphatic rings. The van der Waals surface area contributed by atoms with Gasteiger partial charge in [-0.1, -0.05) is 57.9 Å². The minimum absolute atomic E-state index is 0.200. The monoisotopic (exact) mass is 413 g/mol. The Morgan fingerprint density at radius 3 is 2.20 bits per heavy atom. The van der Waals surface area contributed by atoms with Crippen molar-refractivity contribution in [2.75, 3.05) is 5.32 Å². The van der Waals surface area contributed by atoms with Gasteiger partial charge in [-0.25, -0.2) is 0 Å². The lowest BCUT2D eigenvalue weighted by molar-refractivity contribution is 0.102. The minimum atomic E-state index is -0.295. The molecule has 0 aromatic heterocycles. The summed E-state index contributed by atoms with van der Waals surface area (Å²) in [5, 5.41) is 3.22. The first-order valence-electron chi connectivity index (χ1n) is 7.51. The summed E-state index contributed by atoms with van der Waals surface area (Å²) in [7, 11) is 0. The van der Waals surface area contributed by atoms with E-state index >= 15 is 0 Å². The fraction of sp³-hybridized carbons (Fsp3) is 0. The molecule has 124 valence electrons. The van der Waals surface area contributed by atoms with Crippen LogP contribution in [0.2, 0.25) is 5.02 Å². The first-order valence-corrected chi connectivity index (χ1v) is 8.68. The number of hydrogen-bond donors (Lipinski definition) is 1. The zero-order valence-corrected chi connectivity index (χ0v) is 15.3. The van der Waals surface area contributed by atoms with Crippen molar-refractivity contribution < 1.29 is 9.59 Å². The first-order chi connectivity index (χ1) is 12.0. The summed E-state index contributed by atoms with van der Waals surface area (Å²) in [6, 6.07) is 20.7. The predicted octanol–water partition coefficient (Wildman–Crippen LogP) is 5.59. The average Bonchev–Trinajstić information content (AvgIpc) is 2.64. The van der Waals surface area contributed by atoms with Crippen LogP contribution in [0.5, 0.6) is 0 Å². The highest BCUT2D eigenvalue weighted by Gasteiger charge is 2.16. The summed E-state index contributed by atoms with van der Waals surface area (Å²) in [5.41, 5.74) is 1.80. The largest absolute Gasteiger partial charge is 0.321 e. The fourth-order valence-corrected chi connectivity index (χ4v) is 2.79. The van der Waals surface area contributed by atoms with Crippen molar-refractivity contribution in [3.8, 4) is 0 Å². The molecule has 0 unspecified atom stereocenters. The number of amides is 1. The van der Waals surface area contributed by atoms with Crippen LogP contribution in [0.4, 0.5) is 5.69 Å². The van der Waals surface area contributed by atoms with E-state index < -0.39 is 0 Å². The highest BCUT2D eigenvalue weighted by Crippen LogP contribution is 2.24. The van der Waals surface area contributed by atoms with Gasteiger partial charge >= 0.3 is 0 Å². The third-order valence-electron chi connectivity index (χ3n) is 3.62. The van der Waals surface area contributed by atoms with Crippen molar-refractivity contribution in [2.24, 2.45) is 0 Å². The minimum Gasteiger partial charge on any atom is -0.321 e. The molecule has 0 aliphatic heterocycles. The van der Waals surface area contributed by atoms with Crippen molar-refractivity contribution >= 4 is 44.9 Å². The highest BCUT2D eigenvalue weighted by molar-refractivity contribution is 9.10. The number of carbonyl (C=O) groups is 2. The van der Waals surface area contributed by atoms with Crippen LogP contribution in [0.25, 0.3) is 0 Å². The molecule has 25 heavy (non-hydrogen) atoms. The Morgan fingerprint density at radius 1 is 0.840 bits per heavy atom. The molecule has 3 aromatic carbocycles. The summed E-state index contributed by atoms with van der Waals surface area (Å²) in [4.78, 5) is 25.2. The molecule has 0 heterocycles. The summed E-state index contributed by atoms with van der Waals surface area (Å²) in [6.07, 6.45) is 0. The molecule has 1 N–H and O–H groups in total. The molecule has 0 bridgehead atoms. The molecule has 3 nitrogen and oxygen atoms in total. The number of anilines is 1. The Morgan fingerprint density at radius 2 is 1.52 bits per heavy atom. The first kappa shape index (κ1) is 17.4. The van der Waals surface area contributed by atoms with E-state index in [4.69, 9.17) is 11.6 Å². The van der Waals surface area contributed by atoms with E-state index in [1.807, 2.05) is 6.07 Å². The molecular weight excluding hydrogens is 402 g/mol. The number of halogens is 2. The van der Waals surface area contributed by atoms with Gasteiger partial charge in [-0.3, -0.25) is 9.59 Å². The van der Waals surface area contributed by atoms with E-state index in [0.717, 1.165) is 4.47 Å². The number of nitrogens with one attached hydrogen (secondary N) is 1. The molecule has 0 fully saturated rings. The second-order valence-corrected chi connectivity index (χ2v) is 6.70. The molecule has 0 radical (unpaired) electrons. The van der Waals surface area contributed by atoms with Crippen LogP contribution in [0.15, 0.2) is 77.3 Å². The van der Waals surface area contributed by atoms with E-state index in [0.29, 0.717) is 27.4 Å². The highest BCUT2D eigenvalue weighted by atomic mass is 79.9. The van der Waals surface area contributed by atoms with Crippen LogP contribution in [0, 0.1) is 0 Å². The molecule has 0 saturated carbocycles. The molecular formula is C20H13BrClNO2. The summed E-state index contributed by atoms with van der Waals surface area (Å²) in [6.45, 7) is 0. The maximum atomic E-state index is 12.8. The van der Waals surface area contributed by atoms with Gasteiger partial charge in [-0.2, -0.15) is 0 Å². The zero-order chi connectivity index (χ0) is 17.8. The fourth-order valence-electron chi connectivity index (χ4n) is 2.35. The standard InChI is InChI=1S/C20H13BrClNO2/c21-15-8-6-14(7-9-15)20(25)23-18-11-10-16(22)12-17(18)19(24)13-4-2-1-3-5-13/h1-12H,(H,23,25). The van der Waals surface area contributed by atoms with Gasteiger partial charge in [0, 0.05) is 26.2 Å². The van der Waals surface area contributed by atoms with Crippen LogP contribution in [-0.2, 0) is 0 Å². The van der Waals surface area contributed by atoms with E-state index in [1.54, 1.807) is 66.7 Å². The Labute approximate surface area is 158 Å². The van der Waals surface area contributed by atoms with Crippen LogP contribution in [0.3, 0.4) is 0 Å². The topological polar surface area (TPSA) is 46.2 Å². The number of rotatable bonds is 4. The lowest BCUT2D eigenvalue weighted by Crippen LogP contribution is -2.15. The molecule has 3 rings (SSSR count). The number of ketones is 1. The van der Waals surface area contributed by atoms with Gasteiger partial charge in [0.05, 0.1) is 5.69 Å². The summed E-state index contributed by atoms with van der Waals surface area (Å²) in [5.74, 6) is -0.494. The number of hydrogen-bond acceptors (Lipinski definition) is 2. The van der Waals surface area contributed by atoms with Crippen LogP contribution in [0.1, 0.15) is 26.3 Å². The summed E-state index contributed by atoms with van der Waals surface area (Å²) < 4.78 is 0.885. The Balaban J connectivity index is 1.93. The predicted molar refractivity (Wildman–Crippen MR) is 103 cm³/mol. The molecule has 0 saturated heterocycles. The maximum absolute atomic E-state index is 12.8. The van der Waals surface area contributed by atoms with Crippen molar-refractivity contribution in [3.05, 3.63) is 99.0 Å². The van der Waals surface area contributed by atoms with E-state index in [9.17, 15) is 9.59 Å². The molecule has 5 heteroatoms. The molecule has 0 aliphatic carbocycles. The number of carbonyl (C=O) groups excluding carboxylic acids is 2. The smallest absolute Gasteiger partial charge is 0.255 e. The lowest BCUT2D eigenvalue weighted by Gasteiger charge is -2.11. The van der Waals surface area contributed by atoms with Crippen molar-refractivity contribution in [2.45, 2.75) is 0 Å². The Bertz CT molecular complexity index is 924. The number of benzene rings is 3. The molecule has 1 amide bonds. The second kappa shape index (κ2) is 7.64. The van der Waals surface area contributed by atoms with Gasteiger partial charge in [-0.05, 0) is 42.5 Å². The van der Waals surface area contributed by atoms with Gasteiger partial charge in [0.15, 0.2) is 5.78 Å². The normalized spacial score (nSPS) is 10.3. The van der Waals surface area contributed by atoms with Gasteiger partial charge < -0.3 is 5.32 Å². The third kappa shape index (κ3) is 4.16. The van der Waals surface area contributed by atoms with Crippen molar-refractivity contribution in [1.82, 2.24) is 0 Å². The zero-order valence-electron chi connectivity index (χ0n) is 13.0. The quantitative estimate of drug-likeness (QED) is 0.566. The third-order valence-corrected chi connectivity index (χ3v) is 4.38. The summed E-state index contributed by atoms with van der Waals surface area (Å²) >= 11 is 9.38. The van der Waals surface area contributed by atoms with Gasteiger partial charge in [0.1, 0.15) is 0 Å². The Hall–Kier alpha value is -2.43. The molecule has 0 atom stereocenters. The van der Waals surface area contributed by atoms with Crippen molar-refractivity contribution in [3.63, 3.8) is 0 Å². The van der Waals surface area contributed by atoms with Crippen molar-refractivity contribution in [1.29, 1.82) is 0 Å². The van der Waals surface area contributed by atoms with E-state index in [2.05, 4.69) is 21.2 Å². The van der Waals surface area contributed by atoms with Gasteiger partial charge in [0.25, 0.3) is 5.91 Å². The van der Waals surface area contributed by atoms with Crippen LogP contribution >= 0.6 is 27.5 Å². The van der Waals surface area contributed by atoms with E-state index in [-0.39, 0.29) is 11.7 Å². The maximum Gasteiger partial charge on any atom is 0.255 e. The SMILES string of the molecule is O=C(Nc1ccc(Cl)cc1C(=O)c1ccccc1)c1ccc(Br)cc1. The van der Waals surface area contributed by atoms with Gasteiger partial charge in [0.2, 0.25) is 0 Å².